The van der Waals surface area contributed by atoms with Crippen LogP contribution in [0, 0.1) is 5.92 Å². The Morgan fingerprint density at radius 1 is 0.875 bits per heavy atom. The summed E-state index contributed by atoms with van der Waals surface area (Å²) in [6.07, 6.45) is 3.68. The molecule has 0 saturated carbocycles. The second-order valence-corrected chi connectivity index (χ2v) is 3.95. The van der Waals surface area contributed by atoms with Gasteiger partial charge in [0.15, 0.2) is 0 Å². The van der Waals surface area contributed by atoms with E-state index >= 15 is 0 Å². The SMILES string of the molecule is CC.CC(C)C.c1ccc2cnccc2c1. The van der Waals surface area contributed by atoms with Crippen LogP contribution in [0.2, 0.25) is 0 Å². The molecule has 0 spiro atoms. The van der Waals surface area contributed by atoms with E-state index in [4.69, 9.17) is 0 Å². The lowest BCUT2D eigenvalue weighted by Crippen LogP contribution is -1.71. The third-order valence-corrected chi connectivity index (χ3v) is 1.55. The van der Waals surface area contributed by atoms with Gasteiger partial charge in [0.2, 0.25) is 0 Å². The summed E-state index contributed by atoms with van der Waals surface area (Å²) in [5.41, 5.74) is 0. The highest BCUT2D eigenvalue weighted by Gasteiger charge is 1.86. The standard InChI is InChI=1S/C9H7N.C4H10.C2H6/c1-2-4-9-7-10-6-5-8(9)3-1;1-4(2)3;1-2/h1-7H;4H,1-3H3;1-2H3. The lowest BCUT2D eigenvalue weighted by molar-refractivity contribution is 0.737. The Morgan fingerprint density at radius 2 is 1.38 bits per heavy atom. The molecule has 0 aliphatic carbocycles. The maximum atomic E-state index is 4.01. The number of rotatable bonds is 0. The van der Waals surface area contributed by atoms with Crippen LogP contribution in [0.4, 0.5) is 0 Å². The fourth-order valence-electron chi connectivity index (χ4n) is 1.03. The van der Waals surface area contributed by atoms with Crippen molar-refractivity contribution in [3.63, 3.8) is 0 Å². The van der Waals surface area contributed by atoms with Gasteiger partial charge in [-0.15, -0.1) is 0 Å². The number of benzene rings is 1. The first-order chi connectivity index (χ1) is 7.70. The van der Waals surface area contributed by atoms with Gasteiger partial charge in [0, 0.05) is 12.4 Å². The van der Waals surface area contributed by atoms with Crippen LogP contribution in [0.1, 0.15) is 34.6 Å². The summed E-state index contributed by atoms with van der Waals surface area (Å²) >= 11 is 0. The zero-order valence-electron chi connectivity index (χ0n) is 11.1. The van der Waals surface area contributed by atoms with Crippen molar-refractivity contribution in [2.45, 2.75) is 34.6 Å². The van der Waals surface area contributed by atoms with Crippen molar-refractivity contribution in [1.82, 2.24) is 4.98 Å². The molecule has 2 rings (SSSR count). The second-order valence-electron chi connectivity index (χ2n) is 3.95. The molecular weight excluding hydrogens is 194 g/mol. The summed E-state index contributed by atoms with van der Waals surface area (Å²) < 4.78 is 0. The minimum Gasteiger partial charge on any atom is -0.264 e. The smallest absolute Gasteiger partial charge is 0.0346 e. The fourth-order valence-corrected chi connectivity index (χ4v) is 1.03. The Bertz CT molecular complexity index is 312. The van der Waals surface area contributed by atoms with Gasteiger partial charge in [-0.3, -0.25) is 4.98 Å². The van der Waals surface area contributed by atoms with Crippen molar-refractivity contribution >= 4 is 10.8 Å². The number of hydrogen-bond acceptors (Lipinski definition) is 1. The van der Waals surface area contributed by atoms with Gasteiger partial charge in [-0.1, -0.05) is 58.9 Å². The van der Waals surface area contributed by atoms with Crippen molar-refractivity contribution in [1.29, 1.82) is 0 Å². The molecule has 88 valence electrons. The van der Waals surface area contributed by atoms with Gasteiger partial charge in [0.25, 0.3) is 0 Å². The molecule has 0 aliphatic rings. The highest BCUT2D eigenvalue weighted by Crippen LogP contribution is 2.09. The quantitative estimate of drug-likeness (QED) is 0.610. The summed E-state index contributed by atoms with van der Waals surface area (Å²) in [5.74, 6) is 0.833. The first kappa shape index (κ1) is 14.6. The van der Waals surface area contributed by atoms with Crippen molar-refractivity contribution < 1.29 is 0 Å². The molecule has 0 fully saturated rings. The van der Waals surface area contributed by atoms with E-state index in [1.807, 2.05) is 44.4 Å². The van der Waals surface area contributed by atoms with Crippen LogP contribution >= 0.6 is 0 Å². The fraction of sp³-hybridized carbons (Fsp3) is 0.400. The van der Waals surface area contributed by atoms with Crippen LogP contribution in [0.3, 0.4) is 0 Å². The molecule has 16 heavy (non-hydrogen) atoms. The van der Waals surface area contributed by atoms with E-state index in [0.717, 1.165) is 5.92 Å². The lowest BCUT2D eigenvalue weighted by atomic mass is 10.2. The number of fused-ring (bicyclic) bond motifs is 1. The molecular formula is C15H23N. The first-order valence-corrected chi connectivity index (χ1v) is 5.99. The molecule has 2 aromatic rings. The normalized spacial score (nSPS) is 8.88. The minimum absolute atomic E-state index is 0.833. The van der Waals surface area contributed by atoms with Crippen molar-refractivity contribution in [3.05, 3.63) is 42.7 Å². The zero-order valence-corrected chi connectivity index (χ0v) is 11.1. The maximum absolute atomic E-state index is 4.01. The summed E-state index contributed by atoms with van der Waals surface area (Å²) in [6, 6.07) is 10.2. The third-order valence-electron chi connectivity index (χ3n) is 1.55. The Balaban J connectivity index is 0.000000323. The number of nitrogens with zero attached hydrogens (tertiary/aromatic N) is 1. The summed E-state index contributed by atoms with van der Waals surface area (Å²) in [7, 11) is 0. The van der Waals surface area contributed by atoms with Gasteiger partial charge < -0.3 is 0 Å². The number of hydrogen-bond donors (Lipinski definition) is 0. The Hall–Kier alpha value is -1.37. The number of pyridine rings is 1. The largest absolute Gasteiger partial charge is 0.264 e. The van der Waals surface area contributed by atoms with Crippen LogP contribution in [0.15, 0.2) is 42.7 Å². The van der Waals surface area contributed by atoms with Crippen molar-refractivity contribution in [2.24, 2.45) is 5.92 Å². The first-order valence-electron chi connectivity index (χ1n) is 5.99. The van der Waals surface area contributed by atoms with Gasteiger partial charge in [-0.25, -0.2) is 0 Å². The molecule has 1 heteroatoms. The zero-order chi connectivity index (χ0) is 12.4. The average Bonchev–Trinajstić information content (AvgIpc) is 2.31. The molecule has 0 aliphatic heterocycles. The Kier molecular flexibility index (Phi) is 8.14. The Morgan fingerprint density at radius 3 is 1.88 bits per heavy atom. The molecule has 0 saturated heterocycles. The molecule has 0 atom stereocenters. The van der Waals surface area contributed by atoms with Crippen LogP contribution in [0.5, 0.6) is 0 Å². The predicted molar refractivity (Wildman–Crippen MR) is 73.6 cm³/mol. The van der Waals surface area contributed by atoms with Crippen LogP contribution < -0.4 is 0 Å². The van der Waals surface area contributed by atoms with E-state index in [1.165, 1.54) is 10.8 Å². The monoisotopic (exact) mass is 217 g/mol. The molecule has 1 heterocycles. The average molecular weight is 217 g/mol. The molecule has 1 aromatic heterocycles. The van der Waals surface area contributed by atoms with E-state index < -0.39 is 0 Å². The van der Waals surface area contributed by atoms with Crippen molar-refractivity contribution in [2.75, 3.05) is 0 Å². The van der Waals surface area contributed by atoms with Crippen LogP contribution in [-0.2, 0) is 0 Å². The highest BCUT2D eigenvalue weighted by molar-refractivity contribution is 5.80. The second kappa shape index (κ2) is 8.90. The molecule has 0 unspecified atom stereocenters. The van der Waals surface area contributed by atoms with E-state index in [2.05, 4.69) is 37.9 Å². The summed E-state index contributed by atoms with van der Waals surface area (Å²) in [5, 5.41) is 2.45. The van der Waals surface area contributed by atoms with Gasteiger partial charge in [0.05, 0.1) is 0 Å². The van der Waals surface area contributed by atoms with Crippen LogP contribution in [-0.4, -0.2) is 4.98 Å². The maximum Gasteiger partial charge on any atom is 0.0346 e. The van der Waals surface area contributed by atoms with Gasteiger partial charge in [-0.05, 0) is 22.8 Å². The van der Waals surface area contributed by atoms with Gasteiger partial charge in [-0.2, -0.15) is 0 Å². The molecule has 0 N–H and O–H groups in total. The minimum atomic E-state index is 0.833. The third kappa shape index (κ3) is 6.18. The molecule has 0 amide bonds. The Labute approximate surface area is 99.5 Å². The van der Waals surface area contributed by atoms with E-state index in [9.17, 15) is 0 Å². The highest BCUT2D eigenvalue weighted by atomic mass is 14.6. The lowest BCUT2D eigenvalue weighted by Gasteiger charge is -1.91. The molecule has 1 aromatic carbocycles. The summed E-state index contributed by atoms with van der Waals surface area (Å²) in [6.45, 7) is 10.5. The topological polar surface area (TPSA) is 12.9 Å². The summed E-state index contributed by atoms with van der Waals surface area (Å²) in [4.78, 5) is 4.01. The predicted octanol–water partition coefficient (Wildman–Crippen LogP) is 4.92. The van der Waals surface area contributed by atoms with Gasteiger partial charge in [0.1, 0.15) is 0 Å². The van der Waals surface area contributed by atoms with E-state index in [0.29, 0.717) is 0 Å². The molecule has 1 nitrogen and oxygen atoms in total. The number of aromatic nitrogens is 1. The van der Waals surface area contributed by atoms with Gasteiger partial charge >= 0.3 is 0 Å². The molecule has 0 radical (unpaired) electrons. The van der Waals surface area contributed by atoms with Crippen LogP contribution in [0.25, 0.3) is 10.8 Å². The van der Waals surface area contributed by atoms with E-state index in [1.54, 1.807) is 0 Å². The van der Waals surface area contributed by atoms with Crippen molar-refractivity contribution in [3.8, 4) is 0 Å². The molecule has 0 bridgehead atoms. The van der Waals surface area contributed by atoms with E-state index in [-0.39, 0.29) is 0 Å².